The fraction of sp³-hybridized carbons (Fsp3) is 0.286. The SMILES string of the molecule is CCc1nc2ccccc2n1-c1cccc2c1OC[C@@H]2Cc1ccc2c(c1)OC[C@H]2CC(=O)O. The second-order valence-electron chi connectivity index (χ2n) is 9.09. The molecule has 0 unspecified atom stereocenters. The molecule has 3 heterocycles. The molecule has 6 nitrogen and oxygen atoms in total. The van der Waals surface area contributed by atoms with Crippen LogP contribution < -0.4 is 9.47 Å². The monoisotopic (exact) mass is 454 g/mol. The van der Waals surface area contributed by atoms with Gasteiger partial charge in [0.05, 0.1) is 36.4 Å². The third-order valence-electron chi connectivity index (χ3n) is 6.94. The molecule has 0 aliphatic carbocycles. The minimum absolute atomic E-state index is 0.0718. The molecule has 0 radical (unpaired) electrons. The normalized spacial score (nSPS) is 18.4. The van der Waals surface area contributed by atoms with Crippen molar-refractivity contribution >= 4 is 17.0 Å². The largest absolute Gasteiger partial charge is 0.493 e. The molecule has 1 aromatic heterocycles. The van der Waals surface area contributed by atoms with E-state index in [1.807, 2.05) is 18.2 Å². The number of nitrogens with zero attached hydrogens (tertiary/aromatic N) is 2. The number of benzene rings is 3. The van der Waals surface area contributed by atoms with Crippen LogP contribution in [0.15, 0.2) is 60.7 Å². The molecule has 1 N–H and O–H groups in total. The minimum Gasteiger partial charge on any atom is -0.493 e. The minimum atomic E-state index is -0.794. The van der Waals surface area contributed by atoms with Gasteiger partial charge in [-0.25, -0.2) is 4.98 Å². The number of rotatable bonds is 6. The van der Waals surface area contributed by atoms with E-state index in [-0.39, 0.29) is 18.3 Å². The molecule has 0 spiro atoms. The topological polar surface area (TPSA) is 73.6 Å². The molecule has 2 aliphatic heterocycles. The standard InChI is InChI=1S/C28H26N2O4/c1-2-26-29-22-7-3-4-8-23(22)30(26)24-9-5-6-21-18(16-34-28(21)24)12-17-10-11-20-19(14-27(31)32)15-33-25(20)13-17/h3-11,13,18-19H,2,12,14-16H2,1H3,(H,31,32)/t18-,19+/m0/s1. The molecule has 6 rings (SSSR count). The highest BCUT2D eigenvalue weighted by molar-refractivity contribution is 5.79. The van der Waals surface area contributed by atoms with Crippen molar-refractivity contribution in [3.8, 4) is 17.2 Å². The summed E-state index contributed by atoms with van der Waals surface area (Å²) in [6, 6.07) is 20.8. The van der Waals surface area contributed by atoms with Gasteiger partial charge in [-0.15, -0.1) is 0 Å². The van der Waals surface area contributed by atoms with Gasteiger partial charge < -0.3 is 14.6 Å². The summed E-state index contributed by atoms with van der Waals surface area (Å²) in [5, 5.41) is 9.14. The number of aliphatic carboxylic acids is 1. The highest BCUT2D eigenvalue weighted by atomic mass is 16.5. The van der Waals surface area contributed by atoms with Crippen LogP contribution >= 0.6 is 0 Å². The average molecular weight is 455 g/mol. The Morgan fingerprint density at radius 2 is 1.88 bits per heavy atom. The predicted octanol–water partition coefficient (Wildman–Crippen LogP) is 5.26. The smallest absolute Gasteiger partial charge is 0.304 e. The number of para-hydroxylation sites is 3. The number of hydrogen-bond donors (Lipinski definition) is 1. The van der Waals surface area contributed by atoms with Crippen molar-refractivity contribution in [1.29, 1.82) is 0 Å². The molecule has 0 saturated heterocycles. The van der Waals surface area contributed by atoms with Gasteiger partial charge in [0.2, 0.25) is 0 Å². The van der Waals surface area contributed by atoms with E-state index in [4.69, 9.17) is 19.6 Å². The van der Waals surface area contributed by atoms with Crippen LogP contribution in [0.2, 0.25) is 0 Å². The third-order valence-corrected chi connectivity index (χ3v) is 6.94. The van der Waals surface area contributed by atoms with Gasteiger partial charge in [-0.1, -0.05) is 43.3 Å². The van der Waals surface area contributed by atoms with Crippen LogP contribution in [0.4, 0.5) is 0 Å². The zero-order valence-electron chi connectivity index (χ0n) is 19.0. The fourth-order valence-corrected chi connectivity index (χ4v) is 5.33. The summed E-state index contributed by atoms with van der Waals surface area (Å²) in [7, 11) is 0. The van der Waals surface area contributed by atoms with Gasteiger partial charge >= 0.3 is 5.97 Å². The Hall–Kier alpha value is -3.80. The molecule has 3 aromatic carbocycles. The van der Waals surface area contributed by atoms with Gasteiger partial charge in [-0.2, -0.15) is 0 Å². The summed E-state index contributed by atoms with van der Waals surface area (Å²) >= 11 is 0. The quantitative estimate of drug-likeness (QED) is 0.430. The van der Waals surface area contributed by atoms with Crippen molar-refractivity contribution < 1.29 is 19.4 Å². The Morgan fingerprint density at radius 3 is 2.74 bits per heavy atom. The lowest BCUT2D eigenvalue weighted by atomic mass is 9.91. The van der Waals surface area contributed by atoms with Crippen LogP contribution in [0.1, 0.15) is 47.7 Å². The van der Waals surface area contributed by atoms with Gasteiger partial charge in [0.25, 0.3) is 0 Å². The van der Waals surface area contributed by atoms with Crippen LogP contribution in [0.5, 0.6) is 11.5 Å². The second-order valence-corrected chi connectivity index (χ2v) is 9.09. The molecule has 0 amide bonds. The first-order chi connectivity index (χ1) is 16.6. The summed E-state index contributed by atoms with van der Waals surface area (Å²) < 4.78 is 14.3. The first-order valence-corrected chi connectivity index (χ1v) is 11.8. The van der Waals surface area contributed by atoms with Crippen molar-refractivity contribution in [3.63, 3.8) is 0 Å². The summed E-state index contributed by atoms with van der Waals surface area (Å²) in [6.45, 7) is 3.18. The van der Waals surface area contributed by atoms with E-state index >= 15 is 0 Å². The Kier molecular flexibility index (Phi) is 5.01. The van der Waals surface area contributed by atoms with Crippen LogP contribution in [-0.4, -0.2) is 33.8 Å². The number of aryl methyl sites for hydroxylation is 1. The fourth-order valence-electron chi connectivity index (χ4n) is 5.33. The van der Waals surface area contributed by atoms with E-state index in [0.29, 0.717) is 13.2 Å². The molecule has 2 aliphatic rings. The van der Waals surface area contributed by atoms with Crippen molar-refractivity contribution in [1.82, 2.24) is 9.55 Å². The number of ether oxygens (including phenoxy) is 2. The Morgan fingerprint density at radius 1 is 1.03 bits per heavy atom. The lowest BCUT2D eigenvalue weighted by Gasteiger charge is -2.13. The summed E-state index contributed by atoms with van der Waals surface area (Å²) in [6.07, 6.45) is 1.77. The molecule has 0 saturated carbocycles. The zero-order chi connectivity index (χ0) is 23.2. The van der Waals surface area contributed by atoms with Crippen molar-refractivity contribution in [2.24, 2.45) is 0 Å². The molecule has 172 valence electrons. The molecule has 34 heavy (non-hydrogen) atoms. The maximum atomic E-state index is 11.1. The first-order valence-electron chi connectivity index (χ1n) is 11.8. The van der Waals surface area contributed by atoms with Crippen LogP contribution in [-0.2, 0) is 17.6 Å². The molecule has 0 bridgehead atoms. The highest BCUT2D eigenvalue weighted by Crippen LogP contribution is 2.43. The van der Waals surface area contributed by atoms with Crippen LogP contribution in [0.3, 0.4) is 0 Å². The summed E-state index contributed by atoms with van der Waals surface area (Å²) in [4.78, 5) is 16.0. The lowest BCUT2D eigenvalue weighted by molar-refractivity contribution is -0.137. The molecular weight excluding hydrogens is 428 g/mol. The number of hydrogen-bond acceptors (Lipinski definition) is 4. The van der Waals surface area contributed by atoms with E-state index in [2.05, 4.69) is 54.0 Å². The van der Waals surface area contributed by atoms with Crippen molar-refractivity contribution in [3.05, 3.63) is 83.2 Å². The first kappa shape index (κ1) is 20.8. The third kappa shape index (κ3) is 3.41. The van der Waals surface area contributed by atoms with Crippen molar-refractivity contribution in [2.45, 2.75) is 38.0 Å². The molecular formula is C28H26N2O4. The number of carbonyl (C=O) groups is 1. The van der Waals surface area contributed by atoms with Crippen molar-refractivity contribution in [2.75, 3.05) is 13.2 Å². The molecule has 4 aromatic rings. The van der Waals surface area contributed by atoms with E-state index in [1.54, 1.807) is 0 Å². The second kappa shape index (κ2) is 8.20. The van der Waals surface area contributed by atoms with Gasteiger partial charge in [0.15, 0.2) is 0 Å². The number of carboxylic acids is 1. The summed E-state index contributed by atoms with van der Waals surface area (Å²) in [5.74, 6) is 2.14. The molecule has 0 fully saturated rings. The number of aromatic nitrogens is 2. The lowest BCUT2D eigenvalue weighted by Crippen LogP contribution is -2.07. The maximum Gasteiger partial charge on any atom is 0.304 e. The predicted molar refractivity (Wildman–Crippen MR) is 129 cm³/mol. The van der Waals surface area contributed by atoms with Gasteiger partial charge in [0, 0.05) is 29.4 Å². The van der Waals surface area contributed by atoms with E-state index < -0.39 is 5.97 Å². The molecule has 6 heteroatoms. The average Bonchev–Trinajstić information content (AvgIpc) is 3.54. The molecule has 2 atom stereocenters. The van der Waals surface area contributed by atoms with Crippen LogP contribution in [0.25, 0.3) is 16.7 Å². The van der Waals surface area contributed by atoms with E-state index in [0.717, 1.165) is 52.4 Å². The van der Waals surface area contributed by atoms with Gasteiger partial charge in [0.1, 0.15) is 17.3 Å². The number of fused-ring (bicyclic) bond motifs is 3. The Labute approximate surface area is 197 Å². The Balaban J connectivity index is 1.31. The number of carboxylic acid groups (broad SMARTS) is 1. The Bertz CT molecular complexity index is 1410. The summed E-state index contributed by atoms with van der Waals surface area (Å²) in [5.41, 5.74) is 6.50. The van der Waals surface area contributed by atoms with Gasteiger partial charge in [-0.05, 0) is 36.2 Å². The highest BCUT2D eigenvalue weighted by Gasteiger charge is 2.30. The van der Waals surface area contributed by atoms with E-state index in [9.17, 15) is 4.79 Å². The maximum absolute atomic E-state index is 11.1. The van der Waals surface area contributed by atoms with E-state index in [1.165, 1.54) is 11.1 Å². The number of imidazole rings is 1. The van der Waals surface area contributed by atoms with Crippen LogP contribution in [0, 0.1) is 0 Å². The zero-order valence-corrected chi connectivity index (χ0v) is 19.0. The van der Waals surface area contributed by atoms with Gasteiger partial charge in [-0.3, -0.25) is 9.36 Å².